The molecule has 2 aromatic rings. The van der Waals surface area contributed by atoms with E-state index in [1.54, 1.807) is 0 Å². The predicted octanol–water partition coefficient (Wildman–Crippen LogP) is 4.22. The molecule has 0 spiro atoms. The SMILES string of the molecule is NC(Cc1ccc(Cl)cc1)Cc1ccccc1Br. The molecular weight excluding hydrogens is 310 g/mol. The van der Waals surface area contributed by atoms with Crippen molar-refractivity contribution >= 4 is 27.5 Å². The van der Waals surface area contributed by atoms with E-state index in [0.717, 1.165) is 22.3 Å². The third kappa shape index (κ3) is 3.84. The largest absolute Gasteiger partial charge is 0.327 e. The van der Waals surface area contributed by atoms with Gasteiger partial charge in [0, 0.05) is 15.5 Å². The summed E-state index contributed by atoms with van der Waals surface area (Å²) in [7, 11) is 0. The van der Waals surface area contributed by atoms with Gasteiger partial charge in [-0.05, 0) is 42.2 Å². The average molecular weight is 325 g/mol. The molecule has 1 unspecified atom stereocenters. The molecule has 0 aromatic heterocycles. The maximum atomic E-state index is 6.19. The standard InChI is InChI=1S/C15H15BrClN/c16-15-4-2-1-3-12(15)10-14(18)9-11-5-7-13(17)8-6-11/h1-8,14H,9-10,18H2. The highest BCUT2D eigenvalue weighted by atomic mass is 79.9. The van der Waals surface area contributed by atoms with E-state index in [0.29, 0.717) is 0 Å². The number of benzene rings is 2. The second-order valence-electron chi connectivity index (χ2n) is 4.39. The van der Waals surface area contributed by atoms with Crippen LogP contribution in [-0.4, -0.2) is 6.04 Å². The van der Waals surface area contributed by atoms with Gasteiger partial charge in [0.15, 0.2) is 0 Å². The number of nitrogens with two attached hydrogens (primary N) is 1. The molecule has 0 amide bonds. The molecule has 0 saturated carbocycles. The van der Waals surface area contributed by atoms with Crippen molar-refractivity contribution in [3.63, 3.8) is 0 Å². The molecule has 1 atom stereocenters. The zero-order chi connectivity index (χ0) is 13.0. The van der Waals surface area contributed by atoms with E-state index in [1.165, 1.54) is 11.1 Å². The van der Waals surface area contributed by atoms with Gasteiger partial charge in [-0.15, -0.1) is 0 Å². The molecule has 0 aliphatic carbocycles. The lowest BCUT2D eigenvalue weighted by atomic mass is 10.00. The van der Waals surface area contributed by atoms with Gasteiger partial charge in [0.25, 0.3) is 0 Å². The number of rotatable bonds is 4. The second kappa shape index (κ2) is 6.37. The molecule has 0 heterocycles. The smallest absolute Gasteiger partial charge is 0.0406 e. The van der Waals surface area contributed by atoms with E-state index in [4.69, 9.17) is 17.3 Å². The van der Waals surface area contributed by atoms with Gasteiger partial charge in [-0.3, -0.25) is 0 Å². The van der Waals surface area contributed by atoms with E-state index >= 15 is 0 Å². The molecular formula is C15H15BrClN. The van der Waals surface area contributed by atoms with Crippen molar-refractivity contribution in [2.45, 2.75) is 18.9 Å². The van der Waals surface area contributed by atoms with Crippen molar-refractivity contribution in [2.24, 2.45) is 5.73 Å². The third-order valence-corrected chi connectivity index (χ3v) is 3.88. The lowest BCUT2D eigenvalue weighted by molar-refractivity contribution is 0.663. The van der Waals surface area contributed by atoms with Crippen molar-refractivity contribution < 1.29 is 0 Å². The number of halogens is 2. The summed E-state index contributed by atoms with van der Waals surface area (Å²) in [6.45, 7) is 0. The normalized spacial score (nSPS) is 12.4. The highest BCUT2D eigenvalue weighted by Gasteiger charge is 2.07. The average Bonchev–Trinajstić information content (AvgIpc) is 2.35. The van der Waals surface area contributed by atoms with E-state index in [-0.39, 0.29) is 6.04 Å². The van der Waals surface area contributed by atoms with E-state index in [1.807, 2.05) is 42.5 Å². The van der Waals surface area contributed by atoms with Gasteiger partial charge in [-0.2, -0.15) is 0 Å². The van der Waals surface area contributed by atoms with Crippen LogP contribution < -0.4 is 5.73 Å². The fourth-order valence-corrected chi connectivity index (χ4v) is 2.51. The summed E-state index contributed by atoms with van der Waals surface area (Å²) in [5.74, 6) is 0. The van der Waals surface area contributed by atoms with Gasteiger partial charge in [0.05, 0.1) is 0 Å². The fourth-order valence-electron chi connectivity index (χ4n) is 1.94. The molecule has 94 valence electrons. The Balaban J connectivity index is 1.99. The molecule has 2 N–H and O–H groups in total. The van der Waals surface area contributed by atoms with Gasteiger partial charge in [0.2, 0.25) is 0 Å². The number of hydrogen-bond donors (Lipinski definition) is 1. The van der Waals surface area contributed by atoms with E-state index in [9.17, 15) is 0 Å². The van der Waals surface area contributed by atoms with Crippen LogP contribution in [0.5, 0.6) is 0 Å². The van der Waals surface area contributed by atoms with Crippen LogP contribution in [0.4, 0.5) is 0 Å². The first-order valence-electron chi connectivity index (χ1n) is 5.88. The zero-order valence-electron chi connectivity index (χ0n) is 9.94. The predicted molar refractivity (Wildman–Crippen MR) is 81.0 cm³/mol. The van der Waals surface area contributed by atoms with Gasteiger partial charge in [-0.1, -0.05) is 57.9 Å². The van der Waals surface area contributed by atoms with Gasteiger partial charge >= 0.3 is 0 Å². The molecule has 1 nitrogen and oxygen atoms in total. The van der Waals surface area contributed by atoms with Crippen molar-refractivity contribution in [3.05, 3.63) is 69.2 Å². The van der Waals surface area contributed by atoms with Crippen LogP contribution in [0.3, 0.4) is 0 Å². The topological polar surface area (TPSA) is 26.0 Å². The molecule has 0 aliphatic heterocycles. The number of hydrogen-bond acceptors (Lipinski definition) is 1. The van der Waals surface area contributed by atoms with Crippen molar-refractivity contribution in [2.75, 3.05) is 0 Å². The first-order valence-corrected chi connectivity index (χ1v) is 7.05. The lowest BCUT2D eigenvalue weighted by Crippen LogP contribution is -2.25. The molecule has 0 bridgehead atoms. The first-order chi connectivity index (χ1) is 8.65. The minimum atomic E-state index is 0.116. The zero-order valence-corrected chi connectivity index (χ0v) is 12.3. The van der Waals surface area contributed by atoms with Crippen LogP contribution in [0.2, 0.25) is 5.02 Å². The van der Waals surface area contributed by atoms with Crippen LogP contribution in [0.1, 0.15) is 11.1 Å². The van der Waals surface area contributed by atoms with Crippen LogP contribution >= 0.6 is 27.5 Å². The van der Waals surface area contributed by atoms with Crippen LogP contribution in [0.15, 0.2) is 53.0 Å². The maximum absolute atomic E-state index is 6.19. The molecule has 18 heavy (non-hydrogen) atoms. The van der Waals surface area contributed by atoms with Crippen LogP contribution in [-0.2, 0) is 12.8 Å². The Morgan fingerprint density at radius 1 is 1.00 bits per heavy atom. The maximum Gasteiger partial charge on any atom is 0.0406 e. The second-order valence-corrected chi connectivity index (χ2v) is 5.68. The fraction of sp³-hybridized carbons (Fsp3) is 0.200. The van der Waals surface area contributed by atoms with Crippen molar-refractivity contribution in [3.8, 4) is 0 Å². The summed E-state index contributed by atoms with van der Waals surface area (Å²) in [4.78, 5) is 0. The Morgan fingerprint density at radius 3 is 2.33 bits per heavy atom. The van der Waals surface area contributed by atoms with Gasteiger partial charge in [0.1, 0.15) is 0 Å². The third-order valence-electron chi connectivity index (χ3n) is 2.85. The highest BCUT2D eigenvalue weighted by Crippen LogP contribution is 2.18. The lowest BCUT2D eigenvalue weighted by Gasteiger charge is -2.13. The molecule has 2 rings (SSSR count). The van der Waals surface area contributed by atoms with E-state index in [2.05, 4.69) is 22.0 Å². The van der Waals surface area contributed by atoms with Crippen molar-refractivity contribution in [1.29, 1.82) is 0 Å². The summed E-state index contributed by atoms with van der Waals surface area (Å²) in [5, 5.41) is 0.762. The molecule has 0 aliphatic rings. The summed E-state index contributed by atoms with van der Waals surface area (Å²) >= 11 is 9.41. The van der Waals surface area contributed by atoms with Gasteiger partial charge in [-0.25, -0.2) is 0 Å². The Morgan fingerprint density at radius 2 is 1.67 bits per heavy atom. The monoisotopic (exact) mass is 323 g/mol. The molecule has 0 fully saturated rings. The van der Waals surface area contributed by atoms with Crippen LogP contribution in [0.25, 0.3) is 0 Å². The molecule has 2 aromatic carbocycles. The van der Waals surface area contributed by atoms with E-state index < -0.39 is 0 Å². The Hall–Kier alpha value is -0.830. The summed E-state index contributed by atoms with van der Waals surface area (Å²) in [6.07, 6.45) is 1.72. The summed E-state index contributed by atoms with van der Waals surface area (Å²) < 4.78 is 1.12. The Kier molecular flexibility index (Phi) is 4.81. The Bertz CT molecular complexity index is 510. The molecule has 3 heteroatoms. The van der Waals surface area contributed by atoms with Gasteiger partial charge < -0.3 is 5.73 Å². The highest BCUT2D eigenvalue weighted by molar-refractivity contribution is 9.10. The Labute approximate surface area is 121 Å². The summed E-state index contributed by atoms with van der Waals surface area (Å²) in [5.41, 5.74) is 8.66. The minimum absolute atomic E-state index is 0.116. The first kappa shape index (κ1) is 13.6. The van der Waals surface area contributed by atoms with Crippen LogP contribution in [0, 0.1) is 0 Å². The quantitative estimate of drug-likeness (QED) is 0.895. The molecule has 0 saturated heterocycles. The van der Waals surface area contributed by atoms with Crippen molar-refractivity contribution in [1.82, 2.24) is 0 Å². The molecule has 0 radical (unpaired) electrons. The minimum Gasteiger partial charge on any atom is -0.327 e. The summed E-state index contributed by atoms with van der Waals surface area (Å²) in [6, 6.07) is 16.2.